The summed E-state index contributed by atoms with van der Waals surface area (Å²) < 4.78 is 31.5. The highest BCUT2D eigenvalue weighted by atomic mass is 32.2. The van der Waals surface area contributed by atoms with Crippen molar-refractivity contribution in [1.29, 1.82) is 0 Å². The van der Waals surface area contributed by atoms with Gasteiger partial charge in [-0.2, -0.15) is 0 Å². The SMILES string of the molecule is COc1ccc(S(=O)(=O)CCCC(=O)N(CCN(C)C)c2nc3c(C)ccc(C)c3s2)cc1. The van der Waals surface area contributed by atoms with E-state index in [1.165, 1.54) is 30.6 Å². The first-order valence-electron chi connectivity index (χ1n) is 10.8. The van der Waals surface area contributed by atoms with E-state index in [-0.39, 0.29) is 29.4 Å². The Morgan fingerprint density at radius 1 is 1.03 bits per heavy atom. The third kappa shape index (κ3) is 6.10. The summed E-state index contributed by atoms with van der Waals surface area (Å²) in [6.07, 6.45) is 0.380. The van der Waals surface area contributed by atoms with Crippen LogP contribution in [0.3, 0.4) is 0 Å². The van der Waals surface area contributed by atoms with E-state index in [4.69, 9.17) is 9.72 Å². The zero-order chi connectivity index (χ0) is 24.2. The van der Waals surface area contributed by atoms with Gasteiger partial charge in [0.25, 0.3) is 0 Å². The van der Waals surface area contributed by atoms with Crippen LogP contribution in [0.5, 0.6) is 5.75 Å². The van der Waals surface area contributed by atoms with Crippen LogP contribution >= 0.6 is 11.3 Å². The quantitative estimate of drug-likeness (QED) is 0.427. The van der Waals surface area contributed by atoms with E-state index in [9.17, 15) is 13.2 Å². The number of hydrogen-bond acceptors (Lipinski definition) is 7. The summed E-state index contributed by atoms with van der Waals surface area (Å²) in [7, 11) is 1.97. The number of fused-ring (bicyclic) bond motifs is 1. The minimum atomic E-state index is -3.48. The molecular weight excluding hydrogens is 458 g/mol. The number of aromatic nitrogens is 1. The standard InChI is InChI=1S/C24H31N3O4S2/c1-17-8-9-18(2)23-22(17)25-24(32-23)27(15-14-26(3)4)21(28)7-6-16-33(29,30)20-12-10-19(31-5)11-13-20/h8-13H,6-7,14-16H2,1-5H3. The number of anilines is 1. The number of amides is 1. The van der Waals surface area contributed by atoms with Gasteiger partial charge >= 0.3 is 0 Å². The van der Waals surface area contributed by atoms with Crippen LogP contribution in [0.25, 0.3) is 10.2 Å². The normalized spacial score (nSPS) is 11.8. The summed E-state index contributed by atoms with van der Waals surface area (Å²) >= 11 is 1.51. The molecule has 0 N–H and O–H groups in total. The molecule has 1 amide bonds. The third-order valence-electron chi connectivity index (χ3n) is 5.46. The summed E-state index contributed by atoms with van der Waals surface area (Å²) in [6.45, 7) is 5.24. The molecule has 2 aromatic carbocycles. The van der Waals surface area contributed by atoms with Crippen molar-refractivity contribution in [1.82, 2.24) is 9.88 Å². The Balaban J connectivity index is 1.74. The molecule has 7 nitrogen and oxygen atoms in total. The molecule has 1 aromatic heterocycles. The predicted molar refractivity (Wildman–Crippen MR) is 134 cm³/mol. The molecule has 0 spiro atoms. The lowest BCUT2D eigenvalue weighted by atomic mass is 10.1. The molecule has 0 aliphatic rings. The third-order valence-corrected chi connectivity index (χ3v) is 8.49. The lowest BCUT2D eigenvalue weighted by Gasteiger charge is -2.22. The van der Waals surface area contributed by atoms with Crippen LogP contribution in [0.1, 0.15) is 24.0 Å². The zero-order valence-electron chi connectivity index (χ0n) is 19.8. The molecule has 0 saturated heterocycles. The van der Waals surface area contributed by atoms with Crippen molar-refractivity contribution in [2.24, 2.45) is 0 Å². The number of aryl methyl sites for hydroxylation is 2. The van der Waals surface area contributed by atoms with Crippen LogP contribution in [0.2, 0.25) is 0 Å². The Hall–Kier alpha value is -2.49. The molecule has 33 heavy (non-hydrogen) atoms. The number of carbonyl (C=O) groups is 1. The fraction of sp³-hybridized carbons (Fsp3) is 0.417. The minimum absolute atomic E-state index is 0.0926. The first-order valence-corrected chi connectivity index (χ1v) is 13.3. The second-order valence-corrected chi connectivity index (χ2v) is 11.4. The van der Waals surface area contributed by atoms with Crippen LogP contribution in [0.15, 0.2) is 41.3 Å². The lowest BCUT2D eigenvalue weighted by Crippen LogP contribution is -2.36. The van der Waals surface area contributed by atoms with E-state index in [1.54, 1.807) is 17.0 Å². The van der Waals surface area contributed by atoms with Crippen molar-refractivity contribution >= 4 is 42.4 Å². The number of likely N-dealkylation sites (N-methyl/N-ethyl adjacent to an activating group) is 1. The molecule has 9 heteroatoms. The molecule has 3 rings (SSSR count). The first-order chi connectivity index (χ1) is 15.6. The van der Waals surface area contributed by atoms with Crippen LogP contribution in [-0.4, -0.2) is 64.3 Å². The van der Waals surface area contributed by atoms with E-state index in [1.807, 2.05) is 38.9 Å². The Bertz CT molecular complexity index is 1180. The van der Waals surface area contributed by atoms with E-state index in [0.29, 0.717) is 24.0 Å². The maximum atomic E-state index is 13.2. The fourth-order valence-corrected chi connectivity index (χ4v) is 5.91. The van der Waals surface area contributed by atoms with Gasteiger partial charge < -0.3 is 9.64 Å². The second-order valence-electron chi connectivity index (χ2n) is 8.32. The highest BCUT2D eigenvalue weighted by Crippen LogP contribution is 2.33. The van der Waals surface area contributed by atoms with Crippen LogP contribution in [0, 0.1) is 13.8 Å². The van der Waals surface area contributed by atoms with Gasteiger partial charge in [0.1, 0.15) is 5.75 Å². The summed E-state index contributed by atoms with van der Waals surface area (Å²) in [6, 6.07) is 10.4. The van der Waals surface area contributed by atoms with Crippen LogP contribution in [-0.2, 0) is 14.6 Å². The summed E-state index contributed by atoms with van der Waals surface area (Å²) in [5, 5.41) is 0.660. The molecule has 3 aromatic rings. The van der Waals surface area contributed by atoms with Gasteiger partial charge in [0.2, 0.25) is 5.91 Å². The highest BCUT2D eigenvalue weighted by Gasteiger charge is 2.22. The Labute approximate surface area is 199 Å². The fourth-order valence-electron chi connectivity index (χ4n) is 3.44. The van der Waals surface area contributed by atoms with E-state index in [2.05, 4.69) is 6.07 Å². The molecule has 0 atom stereocenters. The molecule has 0 unspecified atom stereocenters. The first kappa shape index (κ1) is 25.1. The summed E-state index contributed by atoms with van der Waals surface area (Å²) in [4.78, 5) is 21.9. The van der Waals surface area contributed by atoms with Crippen molar-refractivity contribution < 1.29 is 17.9 Å². The average Bonchev–Trinajstić information content (AvgIpc) is 3.22. The van der Waals surface area contributed by atoms with Gasteiger partial charge in [-0.3, -0.25) is 9.69 Å². The Morgan fingerprint density at radius 2 is 1.70 bits per heavy atom. The van der Waals surface area contributed by atoms with Gasteiger partial charge in [0.05, 0.1) is 28.0 Å². The molecule has 0 aliphatic heterocycles. The number of hydrogen-bond donors (Lipinski definition) is 0. The van der Waals surface area contributed by atoms with Crippen LogP contribution < -0.4 is 9.64 Å². The largest absolute Gasteiger partial charge is 0.497 e. The molecule has 0 bridgehead atoms. The molecule has 0 saturated carbocycles. The topological polar surface area (TPSA) is 79.8 Å². The minimum Gasteiger partial charge on any atom is -0.497 e. The second kappa shape index (κ2) is 10.6. The lowest BCUT2D eigenvalue weighted by molar-refractivity contribution is -0.118. The maximum absolute atomic E-state index is 13.2. The van der Waals surface area contributed by atoms with Gasteiger partial charge in [0, 0.05) is 19.5 Å². The van der Waals surface area contributed by atoms with E-state index >= 15 is 0 Å². The van der Waals surface area contributed by atoms with Gasteiger partial charge in [-0.1, -0.05) is 23.5 Å². The smallest absolute Gasteiger partial charge is 0.228 e. The van der Waals surface area contributed by atoms with Crippen LogP contribution in [0.4, 0.5) is 5.13 Å². The monoisotopic (exact) mass is 489 g/mol. The molecule has 1 heterocycles. The number of nitrogens with zero attached hydrogens (tertiary/aromatic N) is 3. The molecular formula is C24H31N3O4S2. The Morgan fingerprint density at radius 3 is 2.30 bits per heavy atom. The number of sulfone groups is 1. The maximum Gasteiger partial charge on any atom is 0.228 e. The number of methoxy groups -OCH3 is 1. The molecule has 178 valence electrons. The van der Waals surface area contributed by atoms with Crippen molar-refractivity contribution in [2.75, 3.05) is 44.9 Å². The van der Waals surface area contributed by atoms with Gasteiger partial charge in [-0.15, -0.1) is 0 Å². The number of thiazole rings is 1. The Kier molecular flexibility index (Phi) is 8.10. The summed E-state index contributed by atoms with van der Waals surface area (Å²) in [5.74, 6) is 0.392. The average molecular weight is 490 g/mol. The van der Waals surface area contributed by atoms with Crippen molar-refractivity contribution in [3.05, 3.63) is 47.5 Å². The molecule has 0 radical (unpaired) electrons. The van der Waals surface area contributed by atoms with Gasteiger partial charge in [-0.05, 0) is 69.8 Å². The number of carbonyl (C=O) groups excluding carboxylic acids is 1. The molecule has 0 fully saturated rings. The van der Waals surface area contributed by atoms with Crippen molar-refractivity contribution in [3.8, 4) is 5.75 Å². The van der Waals surface area contributed by atoms with E-state index in [0.717, 1.165) is 21.3 Å². The van der Waals surface area contributed by atoms with Gasteiger partial charge in [0.15, 0.2) is 15.0 Å². The number of rotatable bonds is 10. The molecule has 0 aliphatic carbocycles. The number of ether oxygens (including phenoxy) is 1. The zero-order valence-corrected chi connectivity index (χ0v) is 21.4. The predicted octanol–water partition coefficient (Wildman–Crippen LogP) is 4.07. The van der Waals surface area contributed by atoms with E-state index < -0.39 is 9.84 Å². The van der Waals surface area contributed by atoms with Crippen molar-refractivity contribution in [3.63, 3.8) is 0 Å². The highest BCUT2D eigenvalue weighted by molar-refractivity contribution is 7.91. The van der Waals surface area contributed by atoms with Crippen molar-refractivity contribution in [2.45, 2.75) is 31.6 Å². The summed E-state index contributed by atoms with van der Waals surface area (Å²) in [5.41, 5.74) is 3.12. The van der Waals surface area contributed by atoms with Gasteiger partial charge in [-0.25, -0.2) is 13.4 Å². The number of benzene rings is 2.